The molecular weight excluding hydrogens is 500 g/mol. The van der Waals surface area contributed by atoms with E-state index in [9.17, 15) is 24.3 Å². The zero-order chi connectivity index (χ0) is 28.3. The van der Waals surface area contributed by atoms with Gasteiger partial charge >= 0.3 is 11.6 Å². The second-order valence-electron chi connectivity index (χ2n) is 9.74. The van der Waals surface area contributed by atoms with E-state index in [1.165, 1.54) is 0 Å². The number of aliphatic carboxylic acids is 1. The van der Waals surface area contributed by atoms with Gasteiger partial charge in [-0.2, -0.15) is 0 Å². The molecule has 3 N–H and O–H groups in total. The Hall–Kier alpha value is -4.40. The number of carboxylic acid groups (broad SMARTS) is 1. The Kier molecular flexibility index (Phi) is 8.18. The van der Waals surface area contributed by atoms with Crippen LogP contribution in [0.3, 0.4) is 0 Å². The van der Waals surface area contributed by atoms with Crippen LogP contribution in [0.1, 0.15) is 47.8 Å². The maximum atomic E-state index is 12.8. The zero-order valence-electron chi connectivity index (χ0n) is 22.4. The lowest BCUT2D eigenvalue weighted by atomic mass is 10.00. The average molecular weight is 533 g/mol. The van der Waals surface area contributed by atoms with E-state index >= 15 is 0 Å². The van der Waals surface area contributed by atoms with E-state index in [0.717, 1.165) is 33.2 Å². The van der Waals surface area contributed by atoms with Crippen molar-refractivity contribution in [1.29, 1.82) is 0 Å². The highest BCUT2D eigenvalue weighted by Gasteiger charge is 2.26. The van der Waals surface area contributed by atoms with Crippen molar-refractivity contribution in [2.45, 2.75) is 65.5 Å². The molecule has 0 aliphatic carbocycles. The molecular formula is C30H32N2O7. The van der Waals surface area contributed by atoms with Gasteiger partial charge in [-0.3, -0.25) is 9.59 Å². The molecule has 0 saturated carbocycles. The minimum Gasteiger partial charge on any atom is -0.480 e. The molecule has 2 atom stereocenters. The SMILES string of the molecule is CC[C@@H](NC(=O)CCc1c(C)c2cc3c(C)c(C)oc3cc2oc1=O)C(=O)N[C@H](Cc1ccccc1)C(=O)O. The first-order valence-electron chi connectivity index (χ1n) is 12.9. The molecule has 4 aromatic rings. The normalized spacial score (nSPS) is 12.8. The van der Waals surface area contributed by atoms with E-state index in [2.05, 4.69) is 10.6 Å². The maximum Gasteiger partial charge on any atom is 0.339 e. The summed E-state index contributed by atoms with van der Waals surface area (Å²) in [5.41, 5.74) is 3.43. The first kappa shape index (κ1) is 27.6. The fourth-order valence-corrected chi connectivity index (χ4v) is 4.69. The van der Waals surface area contributed by atoms with Crippen LogP contribution in [0.5, 0.6) is 0 Å². The molecule has 2 heterocycles. The third kappa shape index (κ3) is 6.03. The van der Waals surface area contributed by atoms with E-state index in [-0.39, 0.29) is 25.7 Å². The predicted octanol–water partition coefficient (Wildman–Crippen LogP) is 4.10. The Morgan fingerprint density at radius 1 is 0.897 bits per heavy atom. The Bertz CT molecular complexity index is 1600. The van der Waals surface area contributed by atoms with Crippen LogP contribution in [0.25, 0.3) is 21.9 Å². The van der Waals surface area contributed by atoms with Crippen molar-refractivity contribution in [2.75, 3.05) is 0 Å². The summed E-state index contributed by atoms with van der Waals surface area (Å²) in [6.07, 6.45) is 0.472. The van der Waals surface area contributed by atoms with Gasteiger partial charge in [-0.15, -0.1) is 0 Å². The molecule has 204 valence electrons. The molecule has 0 aliphatic rings. The summed E-state index contributed by atoms with van der Waals surface area (Å²) in [5, 5.41) is 16.5. The van der Waals surface area contributed by atoms with Crippen molar-refractivity contribution < 1.29 is 28.3 Å². The molecule has 0 aliphatic heterocycles. The van der Waals surface area contributed by atoms with Gasteiger partial charge in [-0.1, -0.05) is 37.3 Å². The number of carboxylic acids is 1. The van der Waals surface area contributed by atoms with Gasteiger partial charge in [0.2, 0.25) is 11.8 Å². The topological polar surface area (TPSA) is 139 Å². The number of carbonyl (C=O) groups is 3. The largest absolute Gasteiger partial charge is 0.480 e. The Morgan fingerprint density at radius 2 is 1.56 bits per heavy atom. The van der Waals surface area contributed by atoms with Crippen LogP contribution < -0.4 is 16.3 Å². The molecule has 9 nitrogen and oxygen atoms in total. The van der Waals surface area contributed by atoms with Gasteiger partial charge in [-0.25, -0.2) is 9.59 Å². The lowest BCUT2D eigenvalue weighted by molar-refractivity contribution is -0.142. The molecule has 9 heteroatoms. The van der Waals surface area contributed by atoms with Crippen LogP contribution in [-0.4, -0.2) is 35.0 Å². The van der Waals surface area contributed by atoms with Gasteiger partial charge in [0.05, 0.1) is 0 Å². The fraction of sp³-hybridized carbons (Fsp3) is 0.333. The first-order chi connectivity index (χ1) is 18.6. The number of rotatable bonds is 10. The van der Waals surface area contributed by atoms with Gasteiger partial charge in [-0.05, 0) is 56.4 Å². The molecule has 0 fully saturated rings. The molecule has 0 spiro atoms. The van der Waals surface area contributed by atoms with Crippen molar-refractivity contribution in [3.8, 4) is 0 Å². The monoisotopic (exact) mass is 532 g/mol. The van der Waals surface area contributed by atoms with Gasteiger partial charge in [0.25, 0.3) is 0 Å². The van der Waals surface area contributed by atoms with Crippen LogP contribution in [0.4, 0.5) is 0 Å². The Labute approximate surface area is 225 Å². The minimum atomic E-state index is -1.16. The van der Waals surface area contributed by atoms with Crippen molar-refractivity contribution in [3.63, 3.8) is 0 Å². The number of hydrogen-bond donors (Lipinski definition) is 3. The quantitative estimate of drug-likeness (QED) is 0.261. The van der Waals surface area contributed by atoms with E-state index in [1.807, 2.05) is 32.9 Å². The second kappa shape index (κ2) is 11.6. The van der Waals surface area contributed by atoms with Crippen LogP contribution >= 0.6 is 0 Å². The van der Waals surface area contributed by atoms with Crippen LogP contribution in [0, 0.1) is 20.8 Å². The predicted molar refractivity (Wildman–Crippen MR) is 147 cm³/mol. The van der Waals surface area contributed by atoms with E-state index in [0.29, 0.717) is 16.7 Å². The molecule has 0 unspecified atom stereocenters. The maximum absolute atomic E-state index is 12.8. The van der Waals surface area contributed by atoms with E-state index in [4.69, 9.17) is 8.83 Å². The summed E-state index contributed by atoms with van der Waals surface area (Å²) in [7, 11) is 0. The number of amides is 2. The molecule has 0 bridgehead atoms. The van der Waals surface area contributed by atoms with Crippen molar-refractivity contribution >= 4 is 39.7 Å². The van der Waals surface area contributed by atoms with Crippen LogP contribution in [-0.2, 0) is 27.2 Å². The van der Waals surface area contributed by atoms with Crippen molar-refractivity contribution in [1.82, 2.24) is 10.6 Å². The summed E-state index contributed by atoms with van der Waals surface area (Å²) in [6, 6.07) is 10.6. The average Bonchev–Trinajstić information content (AvgIpc) is 3.18. The number of nitrogens with one attached hydrogen (secondary N) is 2. The summed E-state index contributed by atoms with van der Waals surface area (Å²) in [4.78, 5) is 50.1. The highest BCUT2D eigenvalue weighted by Crippen LogP contribution is 2.31. The number of carbonyl (C=O) groups excluding carboxylic acids is 2. The highest BCUT2D eigenvalue weighted by atomic mass is 16.4. The molecule has 0 saturated heterocycles. The number of fused-ring (bicyclic) bond motifs is 2. The van der Waals surface area contributed by atoms with E-state index in [1.54, 1.807) is 37.3 Å². The second-order valence-corrected chi connectivity index (χ2v) is 9.74. The minimum absolute atomic E-state index is 0.0423. The number of aryl methyl sites for hydroxylation is 3. The van der Waals surface area contributed by atoms with Gasteiger partial charge in [0, 0.05) is 35.2 Å². The highest BCUT2D eigenvalue weighted by molar-refractivity contribution is 5.97. The number of furan rings is 1. The standard InChI is InChI=1S/C30H32N2O7/c1-5-23(28(34)32-24(29(35)36)13-19-9-7-6-8-10-19)31-27(33)12-11-20-17(3)22-14-21-16(2)18(4)38-25(21)15-26(22)39-30(20)37/h6-10,14-15,23-24H,5,11-13H2,1-4H3,(H,31,33)(H,32,34)(H,35,36)/t23-,24-/m1/s1. The van der Waals surface area contributed by atoms with Crippen molar-refractivity contribution in [2.24, 2.45) is 0 Å². The Morgan fingerprint density at radius 3 is 2.23 bits per heavy atom. The Balaban J connectivity index is 1.44. The zero-order valence-corrected chi connectivity index (χ0v) is 22.4. The third-order valence-corrected chi connectivity index (χ3v) is 7.14. The number of hydrogen-bond acceptors (Lipinski definition) is 6. The van der Waals surface area contributed by atoms with Gasteiger partial charge in [0.15, 0.2) is 0 Å². The summed E-state index contributed by atoms with van der Waals surface area (Å²) < 4.78 is 11.3. The molecule has 2 aromatic heterocycles. The lowest BCUT2D eigenvalue weighted by Gasteiger charge is -2.20. The summed E-state index contributed by atoms with van der Waals surface area (Å²) in [5.74, 6) is -1.38. The van der Waals surface area contributed by atoms with Gasteiger partial charge < -0.3 is 24.6 Å². The summed E-state index contributed by atoms with van der Waals surface area (Å²) in [6.45, 7) is 7.39. The van der Waals surface area contributed by atoms with Crippen molar-refractivity contribution in [3.05, 3.63) is 80.9 Å². The third-order valence-electron chi connectivity index (χ3n) is 7.14. The smallest absolute Gasteiger partial charge is 0.339 e. The van der Waals surface area contributed by atoms with Crippen LogP contribution in [0.2, 0.25) is 0 Å². The first-order valence-corrected chi connectivity index (χ1v) is 12.9. The molecule has 2 aromatic carbocycles. The lowest BCUT2D eigenvalue weighted by Crippen LogP contribution is -2.52. The molecule has 2 amide bonds. The molecule has 4 rings (SSSR count). The van der Waals surface area contributed by atoms with Gasteiger partial charge in [0.1, 0.15) is 29.0 Å². The van der Waals surface area contributed by atoms with Crippen LogP contribution in [0.15, 0.2) is 56.1 Å². The fourth-order valence-electron chi connectivity index (χ4n) is 4.69. The number of benzene rings is 2. The molecule has 39 heavy (non-hydrogen) atoms. The van der Waals surface area contributed by atoms with E-state index < -0.39 is 35.5 Å². The molecule has 0 radical (unpaired) electrons. The summed E-state index contributed by atoms with van der Waals surface area (Å²) >= 11 is 0.